The van der Waals surface area contributed by atoms with Gasteiger partial charge in [-0.1, -0.05) is 35.8 Å². The molecule has 0 atom stereocenters. The fourth-order valence-corrected chi connectivity index (χ4v) is 1.92. The lowest BCUT2D eigenvalue weighted by Gasteiger charge is -2.11. The first-order valence-corrected chi connectivity index (χ1v) is 6.48. The molecule has 0 fully saturated rings. The molecule has 19 heavy (non-hydrogen) atoms. The lowest BCUT2D eigenvalue weighted by molar-refractivity contribution is 0.240. The molecule has 1 heterocycles. The second-order valence-electron chi connectivity index (χ2n) is 4.00. The summed E-state index contributed by atoms with van der Waals surface area (Å²) in [5.74, 6) is 1.77. The molecule has 102 valence electrons. The van der Waals surface area contributed by atoms with Gasteiger partial charge in [-0.05, 0) is 13.1 Å². The maximum atomic E-state index is 6.14. The summed E-state index contributed by atoms with van der Waals surface area (Å²) in [7, 11) is 1.87. The Kier molecular flexibility index (Phi) is 4.76. The molecular formula is C13H16ClN3O2. The lowest BCUT2D eigenvalue weighted by Crippen LogP contribution is -2.08. The van der Waals surface area contributed by atoms with Gasteiger partial charge in [-0.3, -0.25) is 0 Å². The van der Waals surface area contributed by atoms with Crippen molar-refractivity contribution in [2.24, 2.45) is 0 Å². The normalized spacial score (nSPS) is 10.7. The van der Waals surface area contributed by atoms with Crippen LogP contribution in [0.2, 0.25) is 5.02 Å². The summed E-state index contributed by atoms with van der Waals surface area (Å²) in [5.41, 5.74) is 0.991. The molecule has 2 aromatic rings. The molecule has 0 saturated heterocycles. The highest BCUT2D eigenvalue weighted by molar-refractivity contribution is 6.32. The molecule has 5 nitrogen and oxygen atoms in total. The molecule has 0 radical (unpaired) electrons. The molecule has 0 amide bonds. The van der Waals surface area contributed by atoms with Gasteiger partial charge >= 0.3 is 0 Å². The molecule has 0 bridgehead atoms. The predicted octanol–water partition coefficient (Wildman–Crippen LogP) is 2.58. The largest absolute Gasteiger partial charge is 0.482 e. The van der Waals surface area contributed by atoms with Gasteiger partial charge in [0.25, 0.3) is 5.89 Å². The van der Waals surface area contributed by atoms with Gasteiger partial charge in [0.2, 0.25) is 0 Å². The van der Waals surface area contributed by atoms with E-state index < -0.39 is 0 Å². The van der Waals surface area contributed by atoms with Crippen molar-refractivity contribution in [1.29, 1.82) is 0 Å². The minimum Gasteiger partial charge on any atom is -0.482 e. The summed E-state index contributed by atoms with van der Waals surface area (Å²) in [4.78, 5) is 4.19. The van der Waals surface area contributed by atoms with Crippen LogP contribution < -0.4 is 10.1 Å². The molecule has 1 aromatic carbocycles. The van der Waals surface area contributed by atoms with Crippen molar-refractivity contribution in [2.45, 2.75) is 26.5 Å². The van der Waals surface area contributed by atoms with Crippen molar-refractivity contribution < 1.29 is 9.26 Å². The van der Waals surface area contributed by atoms with Crippen LogP contribution in [-0.2, 0) is 19.6 Å². The van der Waals surface area contributed by atoms with E-state index in [0.717, 1.165) is 12.0 Å². The van der Waals surface area contributed by atoms with Crippen LogP contribution in [0, 0.1) is 0 Å². The topological polar surface area (TPSA) is 60.2 Å². The van der Waals surface area contributed by atoms with Crippen molar-refractivity contribution in [3.63, 3.8) is 0 Å². The van der Waals surface area contributed by atoms with Gasteiger partial charge in [0.05, 0.1) is 5.02 Å². The van der Waals surface area contributed by atoms with Gasteiger partial charge in [-0.2, -0.15) is 4.98 Å². The van der Waals surface area contributed by atoms with Crippen molar-refractivity contribution in [3.05, 3.63) is 40.5 Å². The number of hydrogen-bond donors (Lipinski definition) is 1. The third kappa shape index (κ3) is 3.45. The standard InChI is InChI=1S/C13H16ClN3O2/c1-3-11-16-12(19-17-11)8-18-13-9(7-15-2)5-4-6-10(13)14/h4-6,15H,3,7-8H2,1-2H3. The molecule has 0 aliphatic carbocycles. The molecule has 1 N–H and O–H groups in total. The number of halogens is 1. The molecule has 1 aromatic heterocycles. The van der Waals surface area contributed by atoms with Gasteiger partial charge < -0.3 is 14.6 Å². The van der Waals surface area contributed by atoms with E-state index in [4.69, 9.17) is 20.9 Å². The molecular weight excluding hydrogens is 266 g/mol. The van der Waals surface area contributed by atoms with Crippen LogP contribution in [0.3, 0.4) is 0 Å². The van der Waals surface area contributed by atoms with Crippen LogP contribution in [0.15, 0.2) is 22.7 Å². The van der Waals surface area contributed by atoms with E-state index in [-0.39, 0.29) is 6.61 Å². The SMILES string of the molecule is CCc1noc(COc2c(Cl)cccc2CNC)n1. The molecule has 6 heteroatoms. The number of benzene rings is 1. The van der Waals surface area contributed by atoms with Crippen molar-refractivity contribution in [1.82, 2.24) is 15.5 Å². The van der Waals surface area contributed by atoms with Gasteiger partial charge in [-0.25, -0.2) is 0 Å². The minimum atomic E-state index is 0.216. The maximum Gasteiger partial charge on any atom is 0.264 e. The van der Waals surface area contributed by atoms with Crippen LogP contribution in [0.4, 0.5) is 0 Å². The predicted molar refractivity (Wildman–Crippen MR) is 72.2 cm³/mol. The summed E-state index contributed by atoms with van der Waals surface area (Å²) < 4.78 is 10.8. The number of ether oxygens (including phenoxy) is 1. The van der Waals surface area contributed by atoms with E-state index in [0.29, 0.717) is 29.0 Å². The Morgan fingerprint density at radius 1 is 1.42 bits per heavy atom. The number of nitrogens with one attached hydrogen (secondary N) is 1. The van der Waals surface area contributed by atoms with Crippen molar-refractivity contribution in [3.8, 4) is 5.75 Å². The molecule has 0 unspecified atom stereocenters. The average Bonchev–Trinajstić information content (AvgIpc) is 2.86. The second-order valence-corrected chi connectivity index (χ2v) is 4.41. The van der Waals surface area contributed by atoms with Crippen LogP contribution in [0.25, 0.3) is 0 Å². The number of hydrogen-bond acceptors (Lipinski definition) is 5. The number of rotatable bonds is 6. The summed E-state index contributed by atoms with van der Waals surface area (Å²) in [6, 6.07) is 5.65. The van der Waals surface area contributed by atoms with E-state index in [1.165, 1.54) is 0 Å². The van der Waals surface area contributed by atoms with Crippen LogP contribution in [0.5, 0.6) is 5.75 Å². The monoisotopic (exact) mass is 281 g/mol. The van der Waals surface area contributed by atoms with Crippen LogP contribution >= 0.6 is 11.6 Å². The Morgan fingerprint density at radius 2 is 2.26 bits per heavy atom. The van der Waals surface area contributed by atoms with E-state index >= 15 is 0 Å². The quantitative estimate of drug-likeness (QED) is 0.882. The Labute approximate surface area is 116 Å². The number of nitrogens with zero attached hydrogens (tertiary/aromatic N) is 2. The third-order valence-electron chi connectivity index (χ3n) is 2.58. The Morgan fingerprint density at radius 3 is 2.95 bits per heavy atom. The van der Waals surface area contributed by atoms with Gasteiger partial charge in [0, 0.05) is 18.5 Å². The van der Waals surface area contributed by atoms with Crippen LogP contribution in [-0.4, -0.2) is 17.2 Å². The zero-order valence-electron chi connectivity index (χ0n) is 10.9. The van der Waals surface area contributed by atoms with Gasteiger partial charge in [0.1, 0.15) is 5.75 Å². The smallest absolute Gasteiger partial charge is 0.264 e. The summed E-state index contributed by atoms with van der Waals surface area (Å²) in [6.45, 7) is 2.86. The third-order valence-corrected chi connectivity index (χ3v) is 2.88. The zero-order chi connectivity index (χ0) is 13.7. The molecule has 0 aliphatic rings. The summed E-state index contributed by atoms with van der Waals surface area (Å²) in [6.07, 6.45) is 0.737. The zero-order valence-corrected chi connectivity index (χ0v) is 11.7. The summed E-state index contributed by atoms with van der Waals surface area (Å²) in [5, 5.41) is 7.46. The van der Waals surface area contributed by atoms with E-state index in [2.05, 4.69) is 15.5 Å². The molecule has 0 spiro atoms. The van der Waals surface area contributed by atoms with E-state index in [1.807, 2.05) is 26.1 Å². The Balaban J connectivity index is 2.09. The highest BCUT2D eigenvalue weighted by Crippen LogP contribution is 2.29. The molecule has 2 rings (SSSR count). The van der Waals surface area contributed by atoms with E-state index in [1.54, 1.807) is 6.07 Å². The first-order valence-electron chi connectivity index (χ1n) is 6.10. The van der Waals surface area contributed by atoms with E-state index in [9.17, 15) is 0 Å². The first kappa shape index (κ1) is 13.8. The van der Waals surface area contributed by atoms with Gasteiger partial charge in [0.15, 0.2) is 12.4 Å². The van der Waals surface area contributed by atoms with Crippen LogP contribution in [0.1, 0.15) is 24.2 Å². The van der Waals surface area contributed by atoms with Crippen molar-refractivity contribution >= 4 is 11.6 Å². The number of para-hydroxylation sites is 1. The highest BCUT2D eigenvalue weighted by Gasteiger charge is 2.11. The summed E-state index contributed by atoms with van der Waals surface area (Å²) >= 11 is 6.14. The highest BCUT2D eigenvalue weighted by atomic mass is 35.5. The number of aromatic nitrogens is 2. The average molecular weight is 282 g/mol. The number of aryl methyl sites for hydroxylation is 1. The second kappa shape index (κ2) is 6.54. The molecule has 0 aliphatic heterocycles. The molecule has 0 saturated carbocycles. The fourth-order valence-electron chi connectivity index (χ4n) is 1.67. The van der Waals surface area contributed by atoms with Gasteiger partial charge in [-0.15, -0.1) is 0 Å². The lowest BCUT2D eigenvalue weighted by atomic mass is 10.2. The van der Waals surface area contributed by atoms with Crippen molar-refractivity contribution in [2.75, 3.05) is 7.05 Å². The maximum absolute atomic E-state index is 6.14. The minimum absolute atomic E-state index is 0.216. The first-order chi connectivity index (χ1) is 9.24. The fraction of sp³-hybridized carbons (Fsp3) is 0.385. The Bertz CT molecular complexity index is 542. The Hall–Kier alpha value is -1.59.